The third-order valence-corrected chi connectivity index (χ3v) is 2.59. The Hall–Kier alpha value is -1.90. The molecule has 0 saturated carbocycles. The first-order chi connectivity index (χ1) is 8.74. The fourth-order valence-electron chi connectivity index (χ4n) is 1.74. The lowest BCUT2D eigenvalue weighted by Gasteiger charge is -2.11. The van der Waals surface area contributed by atoms with Crippen LogP contribution in [0.3, 0.4) is 0 Å². The van der Waals surface area contributed by atoms with Gasteiger partial charge in [0.25, 0.3) is 0 Å². The van der Waals surface area contributed by atoms with Gasteiger partial charge in [0.2, 0.25) is 0 Å². The fourth-order valence-corrected chi connectivity index (χ4v) is 1.74. The first-order valence-electron chi connectivity index (χ1n) is 5.90. The Bertz CT molecular complexity index is 538. The number of hydrogen-bond donors (Lipinski definition) is 0. The molecular weight excluding hydrogens is 234 g/mol. The molecule has 0 aliphatic heterocycles. The maximum absolute atomic E-state index is 13.8. The van der Waals surface area contributed by atoms with Gasteiger partial charge in [0, 0.05) is 11.1 Å². The van der Waals surface area contributed by atoms with E-state index in [2.05, 4.69) is 0 Å². The first kappa shape index (κ1) is 12.6. The molecule has 0 aliphatic rings. The fraction of sp³-hybridized carbons (Fsp3) is 0.200. The molecule has 0 fully saturated rings. The Labute approximate surface area is 105 Å². The third-order valence-electron chi connectivity index (χ3n) is 2.59. The molecule has 2 aromatic carbocycles. The predicted octanol–water partition coefficient (Wildman–Crippen LogP) is 4.42. The van der Waals surface area contributed by atoms with Crippen molar-refractivity contribution >= 4 is 0 Å². The van der Waals surface area contributed by atoms with Crippen molar-refractivity contribution in [2.24, 2.45) is 0 Å². The van der Waals surface area contributed by atoms with Crippen LogP contribution in [0.1, 0.15) is 13.3 Å². The van der Waals surface area contributed by atoms with Gasteiger partial charge in [0.1, 0.15) is 5.75 Å². The van der Waals surface area contributed by atoms with E-state index in [9.17, 15) is 8.78 Å². The van der Waals surface area contributed by atoms with E-state index in [1.807, 2.05) is 13.0 Å². The maximum Gasteiger partial charge on any atom is 0.166 e. The van der Waals surface area contributed by atoms with Crippen LogP contribution in [0.25, 0.3) is 11.1 Å². The van der Waals surface area contributed by atoms with E-state index in [4.69, 9.17) is 4.74 Å². The van der Waals surface area contributed by atoms with Crippen LogP contribution in [-0.2, 0) is 0 Å². The molecule has 3 heteroatoms. The van der Waals surface area contributed by atoms with E-state index in [0.29, 0.717) is 17.9 Å². The highest BCUT2D eigenvalue weighted by atomic mass is 19.2. The van der Waals surface area contributed by atoms with Crippen LogP contribution in [0.2, 0.25) is 0 Å². The number of hydrogen-bond acceptors (Lipinski definition) is 1. The Balaban J connectivity index is 2.46. The molecule has 0 spiro atoms. The minimum absolute atomic E-state index is 0.224. The summed E-state index contributed by atoms with van der Waals surface area (Å²) in [5, 5.41) is 0. The normalized spacial score (nSPS) is 10.4. The van der Waals surface area contributed by atoms with E-state index in [-0.39, 0.29) is 5.56 Å². The van der Waals surface area contributed by atoms with E-state index >= 15 is 0 Å². The summed E-state index contributed by atoms with van der Waals surface area (Å²) in [5.41, 5.74) is 0.796. The first-order valence-corrected chi connectivity index (χ1v) is 5.90. The molecule has 0 aromatic heterocycles. The third kappa shape index (κ3) is 2.50. The van der Waals surface area contributed by atoms with Gasteiger partial charge in [-0.15, -0.1) is 0 Å². The summed E-state index contributed by atoms with van der Waals surface area (Å²) in [6.07, 6.45) is 0.861. The van der Waals surface area contributed by atoms with Crippen LogP contribution >= 0.6 is 0 Å². The highest BCUT2D eigenvalue weighted by Crippen LogP contribution is 2.32. The number of para-hydroxylation sites is 1. The summed E-state index contributed by atoms with van der Waals surface area (Å²) in [7, 11) is 0. The van der Waals surface area contributed by atoms with E-state index in [1.54, 1.807) is 24.3 Å². The number of rotatable bonds is 4. The zero-order chi connectivity index (χ0) is 13.0. The summed E-state index contributed by atoms with van der Waals surface area (Å²) in [6, 6.07) is 11.2. The van der Waals surface area contributed by atoms with Gasteiger partial charge in [0.15, 0.2) is 11.6 Å². The number of ether oxygens (including phenoxy) is 1. The molecule has 0 bridgehead atoms. The second kappa shape index (κ2) is 5.63. The van der Waals surface area contributed by atoms with Gasteiger partial charge in [-0.2, -0.15) is 0 Å². The van der Waals surface area contributed by atoms with Crippen molar-refractivity contribution in [3.8, 4) is 16.9 Å². The van der Waals surface area contributed by atoms with Crippen LogP contribution in [-0.4, -0.2) is 6.61 Å². The Morgan fingerprint density at radius 2 is 1.67 bits per heavy atom. The lowest BCUT2D eigenvalue weighted by Crippen LogP contribution is -1.98. The molecular formula is C15H14F2O. The van der Waals surface area contributed by atoms with Crippen molar-refractivity contribution < 1.29 is 13.5 Å². The van der Waals surface area contributed by atoms with Crippen LogP contribution in [0, 0.1) is 11.6 Å². The molecule has 1 nitrogen and oxygen atoms in total. The second-order valence-electron chi connectivity index (χ2n) is 3.95. The van der Waals surface area contributed by atoms with Crippen molar-refractivity contribution in [1.82, 2.24) is 0 Å². The summed E-state index contributed by atoms with van der Waals surface area (Å²) in [6.45, 7) is 2.54. The molecule has 0 aliphatic carbocycles. The SMILES string of the molecule is CCCOc1ccccc1-c1cccc(F)c1F. The molecule has 0 atom stereocenters. The zero-order valence-electron chi connectivity index (χ0n) is 10.1. The second-order valence-corrected chi connectivity index (χ2v) is 3.95. The quantitative estimate of drug-likeness (QED) is 0.778. The van der Waals surface area contributed by atoms with Crippen LogP contribution in [0.15, 0.2) is 42.5 Å². The van der Waals surface area contributed by atoms with Crippen molar-refractivity contribution in [3.05, 3.63) is 54.1 Å². The van der Waals surface area contributed by atoms with Crippen LogP contribution in [0.5, 0.6) is 5.75 Å². The van der Waals surface area contributed by atoms with Gasteiger partial charge in [-0.05, 0) is 18.6 Å². The van der Waals surface area contributed by atoms with E-state index in [1.165, 1.54) is 6.07 Å². The van der Waals surface area contributed by atoms with E-state index < -0.39 is 11.6 Å². The van der Waals surface area contributed by atoms with Crippen molar-refractivity contribution in [2.75, 3.05) is 6.61 Å². The van der Waals surface area contributed by atoms with E-state index in [0.717, 1.165) is 12.5 Å². The number of benzene rings is 2. The monoisotopic (exact) mass is 248 g/mol. The minimum Gasteiger partial charge on any atom is -0.493 e. The van der Waals surface area contributed by atoms with Crippen LogP contribution < -0.4 is 4.74 Å². The van der Waals surface area contributed by atoms with Crippen molar-refractivity contribution in [3.63, 3.8) is 0 Å². The summed E-state index contributed by atoms with van der Waals surface area (Å²) in [4.78, 5) is 0. The largest absolute Gasteiger partial charge is 0.493 e. The molecule has 2 rings (SSSR count). The van der Waals surface area contributed by atoms with Crippen molar-refractivity contribution in [2.45, 2.75) is 13.3 Å². The van der Waals surface area contributed by atoms with Gasteiger partial charge < -0.3 is 4.74 Å². The smallest absolute Gasteiger partial charge is 0.166 e. The molecule has 0 unspecified atom stereocenters. The lowest BCUT2D eigenvalue weighted by atomic mass is 10.0. The maximum atomic E-state index is 13.8. The standard InChI is InChI=1S/C15H14F2O/c1-2-10-18-14-9-4-3-6-11(14)12-7-5-8-13(16)15(12)17/h3-9H,2,10H2,1H3. The average molecular weight is 248 g/mol. The highest BCUT2D eigenvalue weighted by molar-refractivity contribution is 5.70. The summed E-state index contributed by atoms with van der Waals surface area (Å²) in [5.74, 6) is -1.12. The molecule has 0 heterocycles. The Morgan fingerprint density at radius 1 is 0.944 bits per heavy atom. The molecule has 94 valence electrons. The average Bonchev–Trinajstić information content (AvgIpc) is 2.40. The number of halogens is 2. The van der Waals surface area contributed by atoms with Gasteiger partial charge >= 0.3 is 0 Å². The zero-order valence-corrected chi connectivity index (χ0v) is 10.1. The van der Waals surface area contributed by atoms with Gasteiger partial charge in [0.05, 0.1) is 6.61 Å². The topological polar surface area (TPSA) is 9.23 Å². The van der Waals surface area contributed by atoms with Crippen molar-refractivity contribution in [1.29, 1.82) is 0 Å². The highest BCUT2D eigenvalue weighted by Gasteiger charge is 2.13. The Morgan fingerprint density at radius 3 is 2.44 bits per heavy atom. The van der Waals surface area contributed by atoms with Gasteiger partial charge in [-0.25, -0.2) is 8.78 Å². The molecule has 0 N–H and O–H groups in total. The molecule has 0 saturated heterocycles. The Kier molecular flexibility index (Phi) is 3.92. The van der Waals surface area contributed by atoms with Gasteiger partial charge in [-0.1, -0.05) is 37.3 Å². The lowest BCUT2D eigenvalue weighted by molar-refractivity contribution is 0.318. The molecule has 0 amide bonds. The predicted molar refractivity (Wildman–Crippen MR) is 67.6 cm³/mol. The molecule has 18 heavy (non-hydrogen) atoms. The van der Waals surface area contributed by atoms with Gasteiger partial charge in [-0.3, -0.25) is 0 Å². The molecule has 0 radical (unpaired) electrons. The van der Waals surface area contributed by atoms with Crippen LogP contribution in [0.4, 0.5) is 8.78 Å². The summed E-state index contributed by atoms with van der Waals surface area (Å²) >= 11 is 0. The minimum atomic E-state index is -0.849. The molecule has 2 aromatic rings. The summed E-state index contributed by atoms with van der Waals surface area (Å²) < 4.78 is 32.5.